The van der Waals surface area contributed by atoms with Crippen LogP contribution < -0.4 is 5.32 Å². The highest BCUT2D eigenvalue weighted by Crippen LogP contribution is 2.29. The predicted octanol–water partition coefficient (Wildman–Crippen LogP) is 2.77. The van der Waals surface area contributed by atoms with Gasteiger partial charge in [0, 0.05) is 37.2 Å². The predicted molar refractivity (Wildman–Crippen MR) is 126 cm³/mol. The van der Waals surface area contributed by atoms with Gasteiger partial charge < -0.3 is 20.2 Å². The third kappa shape index (κ3) is 5.25. The molecule has 2 aromatic rings. The standard InChI is InChI=1S/C26H31N3O4/c1-26(25(32)27-13-16-30)18-23(28-33-26)21-9-5-6-10-22(21)24(31)29-14-11-20(12-15-29)17-19-7-3-2-4-8-19/h2-10,20,30H,11-18H2,1H3,(H,27,32). The number of nitrogens with one attached hydrogen (secondary N) is 1. The fourth-order valence-electron chi connectivity index (χ4n) is 4.54. The van der Waals surface area contributed by atoms with Crippen LogP contribution in [0.2, 0.25) is 0 Å². The Morgan fingerprint density at radius 2 is 1.82 bits per heavy atom. The van der Waals surface area contributed by atoms with Crippen molar-refractivity contribution >= 4 is 17.5 Å². The second-order valence-electron chi connectivity index (χ2n) is 8.99. The lowest BCUT2D eigenvalue weighted by molar-refractivity contribution is -0.141. The Hall–Kier alpha value is -3.19. The van der Waals surface area contributed by atoms with Crippen LogP contribution in [0.25, 0.3) is 0 Å². The summed E-state index contributed by atoms with van der Waals surface area (Å²) >= 11 is 0. The first-order valence-electron chi connectivity index (χ1n) is 11.6. The number of piperidine rings is 1. The van der Waals surface area contributed by atoms with Crippen LogP contribution in [0.1, 0.15) is 47.7 Å². The van der Waals surface area contributed by atoms with Crippen molar-refractivity contribution in [3.8, 4) is 0 Å². The molecular weight excluding hydrogens is 418 g/mol. The van der Waals surface area contributed by atoms with Crippen molar-refractivity contribution in [2.24, 2.45) is 11.1 Å². The SMILES string of the molecule is CC1(C(=O)NCCO)CC(c2ccccc2C(=O)N2CCC(Cc3ccccc3)CC2)=NO1. The molecule has 0 radical (unpaired) electrons. The number of hydrogen-bond donors (Lipinski definition) is 2. The van der Waals surface area contributed by atoms with Gasteiger partial charge in [0.15, 0.2) is 0 Å². The van der Waals surface area contributed by atoms with E-state index in [-0.39, 0.29) is 31.4 Å². The molecule has 7 nitrogen and oxygen atoms in total. The lowest BCUT2D eigenvalue weighted by Crippen LogP contribution is -2.45. The third-order valence-corrected chi connectivity index (χ3v) is 6.48. The largest absolute Gasteiger partial charge is 0.395 e. The Bertz CT molecular complexity index is 1020. The Morgan fingerprint density at radius 1 is 1.12 bits per heavy atom. The molecule has 174 valence electrons. The van der Waals surface area contributed by atoms with Crippen LogP contribution in [0.3, 0.4) is 0 Å². The van der Waals surface area contributed by atoms with Gasteiger partial charge in [-0.05, 0) is 43.7 Å². The Morgan fingerprint density at radius 3 is 2.55 bits per heavy atom. The summed E-state index contributed by atoms with van der Waals surface area (Å²) in [7, 11) is 0. The molecule has 1 fully saturated rings. The zero-order chi connectivity index (χ0) is 23.3. The molecule has 0 aliphatic carbocycles. The van der Waals surface area contributed by atoms with E-state index < -0.39 is 5.60 Å². The molecule has 4 rings (SSSR count). The van der Waals surface area contributed by atoms with Gasteiger partial charge in [-0.3, -0.25) is 9.59 Å². The molecule has 2 aliphatic rings. The average Bonchev–Trinajstić information content (AvgIpc) is 3.26. The smallest absolute Gasteiger partial charge is 0.267 e. The van der Waals surface area contributed by atoms with Gasteiger partial charge in [0.05, 0.1) is 12.3 Å². The normalized spacial score (nSPS) is 20.8. The summed E-state index contributed by atoms with van der Waals surface area (Å²) < 4.78 is 0. The average molecular weight is 450 g/mol. The van der Waals surface area contributed by atoms with Crippen LogP contribution in [-0.2, 0) is 16.1 Å². The number of carbonyl (C=O) groups is 2. The van der Waals surface area contributed by atoms with Crippen molar-refractivity contribution in [3.05, 3.63) is 71.3 Å². The Labute approximate surface area is 194 Å². The van der Waals surface area contributed by atoms with Gasteiger partial charge in [0.1, 0.15) is 0 Å². The lowest BCUT2D eigenvalue weighted by atomic mass is 9.89. The molecule has 2 N–H and O–H groups in total. The van der Waals surface area contributed by atoms with Crippen LogP contribution in [-0.4, -0.2) is 59.4 Å². The second-order valence-corrected chi connectivity index (χ2v) is 8.99. The number of carbonyl (C=O) groups excluding carboxylic acids is 2. The molecule has 1 unspecified atom stereocenters. The number of oxime groups is 1. The summed E-state index contributed by atoms with van der Waals surface area (Å²) in [5.74, 6) is 0.238. The molecule has 33 heavy (non-hydrogen) atoms. The maximum Gasteiger partial charge on any atom is 0.267 e. The van der Waals surface area contributed by atoms with Gasteiger partial charge in [0.25, 0.3) is 11.8 Å². The Balaban J connectivity index is 1.41. The first-order valence-corrected chi connectivity index (χ1v) is 11.6. The number of aliphatic hydroxyl groups excluding tert-OH is 1. The van der Waals surface area contributed by atoms with E-state index in [0.717, 1.165) is 32.4 Å². The zero-order valence-electron chi connectivity index (χ0n) is 19.0. The molecule has 0 aromatic heterocycles. The van der Waals surface area contributed by atoms with Gasteiger partial charge in [-0.25, -0.2) is 0 Å². The minimum Gasteiger partial charge on any atom is -0.395 e. The summed E-state index contributed by atoms with van der Waals surface area (Å²) in [5, 5.41) is 15.7. The quantitative estimate of drug-likeness (QED) is 0.680. The van der Waals surface area contributed by atoms with Crippen molar-refractivity contribution in [1.82, 2.24) is 10.2 Å². The van der Waals surface area contributed by atoms with Crippen molar-refractivity contribution in [1.29, 1.82) is 0 Å². The topological polar surface area (TPSA) is 91.2 Å². The van der Waals surface area contributed by atoms with E-state index in [4.69, 9.17) is 9.94 Å². The minimum atomic E-state index is -1.16. The summed E-state index contributed by atoms with van der Waals surface area (Å²) in [6.07, 6.45) is 3.27. The van der Waals surface area contributed by atoms with E-state index in [1.165, 1.54) is 5.56 Å². The molecule has 1 atom stereocenters. The number of rotatable bonds is 7. The van der Waals surface area contributed by atoms with Gasteiger partial charge in [-0.2, -0.15) is 0 Å². The maximum atomic E-state index is 13.4. The molecule has 2 heterocycles. The van der Waals surface area contributed by atoms with Crippen LogP contribution in [0.4, 0.5) is 0 Å². The molecule has 0 saturated carbocycles. The molecule has 1 saturated heterocycles. The van der Waals surface area contributed by atoms with Crippen molar-refractivity contribution in [3.63, 3.8) is 0 Å². The number of nitrogens with zero attached hydrogens (tertiary/aromatic N) is 2. The van der Waals surface area contributed by atoms with Gasteiger partial charge in [-0.15, -0.1) is 0 Å². The van der Waals surface area contributed by atoms with Crippen LogP contribution in [0.15, 0.2) is 59.8 Å². The number of hydrogen-bond acceptors (Lipinski definition) is 5. The molecular formula is C26H31N3O4. The number of aliphatic hydroxyl groups is 1. The van der Waals surface area contributed by atoms with E-state index >= 15 is 0 Å². The van der Waals surface area contributed by atoms with E-state index in [1.807, 2.05) is 35.2 Å². The van der Waals surface area contributed by atoms with Gasteiger partial charge in [-0.1, -0.05) is 53.7 Å². The summed E-state index contributed by atoms with van der Waals surface area (Å²) in [5.41, 5.74) is 2.06. The fraction of sp³-hybridized carbons (Fsp3) is 0.423. The van der Waals surface area contributed by atoms with E-state index in [0.29, 0.717) is 22.8 Å². The van der Waals surface area contributed by atoms with Crippen LogP contribution in [0.5, 0.6) is 0 Å². The molecule has 0 spiro atoms. The zero-order valence-corrected chi connectivity index (χ0v) is 19.0. The first kappa shape index (κ1) is 23.0. The summed E-state index contributed by atoms with van der Waals surface area (Å²) in [6.45, 7) is 3.14. The highest BCUT2D eigenvalue weighted by atomic mass is 16.7. The third-order valence-electron chi connectivity index (χ3n) is 6.48. The van der Waals surface area contributed by atoms with E-state index in [2.05, 4.69) is 34.7 Å². The van der Waals surface area contributed by atoms with Crippen LogP contribution >= 0.6 is 0 Å². The maximum absolute atomic E-state index is 13.4. The lowest BCUT2D eigenvalue weighted by Gasteiger charge is -2.32. The van der Waals surface area contributed by atoms with Crippen LogP contribution in [0, 0.1) is 5.92 Å². The highest BCUT2D eigenvalue weighted by molar-refractivity contribution is 6.12. The van der Waals surface area contributed by atoms with Crippen molar-refractivity contribution in [2.75, 3.05) is 26.2 Å². The fourth-order valence-corrected chi connectivity index (χ4v) is 4.54. The van der Waals surface area contributed by atoms with Crippen molar-refractivity contribution in [2.45, 2.75) is 38.2 Å². The van der Waals surface area contributed by atoms with Crippen molar-refractivity contribution < 1.29 is 19.5 Å². The highest BCUT2D eigenvalue weighted by Gasteiger charge is 2.42. The van der Waals surface area contributed by atoms with E-state index in [1.54, 1.807) is 6.92 Å². The summed E-state index contributed by atoms with van der Waals surface area (Å²) in [4.78, 5) is 33.2. The number of amides is 2. The van der Waals surface area contributed by atoms with E-state index in [9.17, 15) is 9.59 Å². The van der Waals surface area contributed by atoms with Gasteiger partial charge in [0.2, 0.25) is 5.60 Å². The number of likely N-dealkylation sites (tertiary alicyclic amines) is 1. The van der Waals surface area contributed by atoms with Gasteiger partial charge >= 0.3 is 0 Å². The Kier molecular flexibility index (Phi) is 7.08. The first-order chi connectivity index (χ1) is 16.0. The molecule has 7 heteroatoms. The molecule has 2 aromatic carbocycles. The minimum absolute atomic E-state index is 0.00945. The monoisotopic (exact) mass is 449 g/mol. The summed E-state index contributed by atoms with van der Waals surface area (Å²) in [6, 6.07) is 17.9. The molecule has 2 amide bonds. The molecule has 0 bridgehead atoms. The molecule has 2 aliphatic heterocycles. The second kappa shape index (κ2) is 10.2. The number of benzene rings is 2.